The number of rotatable bonds is 2. The van der Waals surface area contributed by atoms with Gasteiger partial charge in [0.2, 0.25) is 0 Å². The first-order chi connectivity index (χ1) is 6.86. The second-order valence-corrected chi connectivity index (χ2v) is 3.67. The van der Waals surface area contributed by atoms with Gasteiger partial charge in [0, 0.05) is 14.2 Å². The lowest BCUT2D eigenvalue weighted by molar-refractivity contribution is -0.0469. The van der Waals surface area contributed by atoms with Crippen LogP contribution in [0.4, 0.5) is 0 Å². The summed E-state index contributed by atoms with van der Waals surface area (Å²) in [6, 6.07) is 8.45. The Bertz CT molecular complexity index is 309. The Balaban J connectivity index is 2.34. The van der Waals surface area contributed by atoms with Gasteiger partial charge in [0.25, 0.3) is 0 Å². The van der Waals surface area contributed by atoms with Crippen LogP contribution in [0.3, 0.4) is 0 Å². The van der Waals surface area contributed by atoms with E-state index in [9.17, 15) is 0 Å². The minimum absolute atomic E-state index is 0.102. The summed E-state index contributed by atoms with van der Waals surface area (Å²) in [5.41, 5.74) is 2.68. The summed E-state index contributed by atoms with van der Waals surface area (Å²) < 4.78 is 10.9. The quantitative estimate of drug-likeness (QED) is 0.716. The zero-order valence-corrected chi connectivity index (χ0v) is 8.69. The molecule has 2 heteroatoms. The molecule has 0 saturated carbocycles. The van der Waals surface area contributed by atoms with Crippen molar-refractivity contribution >= 4 is 0 Å². The average molecular weight is 192 g/mol. The standard InChI is InChI=1S/C12H16O2/c1-13-11-8-7-9-5-3-4-6-10(9)12(11)14-2/h3-6,11-12H,7-8H2,1-2H3/t11-,12+/m0/s1. The number of hydrogen-bond donors (Lipinski definition) is 0. The number of ether oxygens (including phenoxy) is 2. The van der Waals surface area contributed by atoms with E-state index >= 15 is 0 Å². The van der Waals surface area contributed by atoms with Crippen molar-refractivity contribution in [3.63, 3.8) is 0 Å². The van der Waals surface area contributed by atoms with Crippen molar-refractivity contribution in [3.8, 4) is 0 Å². The molecule has 1 aromatic rings. The Morgan fingerprint density at radius 1 is 1.14 bits per heavy atom. The minimum Gasteiger partial charge on any atom is -0.378 e. The lowest BCUT2D eigenvalue weighted by Gasteiger charge is -2.31. The number of methoxy groups -OCH3 is 2. The van der Waals surface area contributed by atoms with Crippen molar-refractivity contribution in [2.24, 2.45) is 0 Å². The molecule has 1 aliphatic rings. The highest BCUT2D eigenvalue weighted by molar-refractivity contribution is 5.32. The molecule has 0 aliphatic heterocycles. The Hall–Kier alpha value is -0.860. The fraction of sp³-hybridized carbons (Fsp3) is 0.500. The van der Waals surface area contributed by atoms with E-state index in [1.807, 2.05) is 0 Å². The van der Waals surface area contributed by atoms with Gasteiger partial charge in [-0.15, -0.1) is 0 Å². The van der Waals surface area contributed by atoms with Gasteiger partial charge >= 0.3 is 0 Å². The van der Waals surface area contributed by atoms with E-state index in [4.69, 9.17) is 9.47 Å². The van der Waals surface area contributed by atoms with Crippen molar-refractivity contribution in [2.75, 3.05) is 14.2 Å². The smallest absolute Gasteiger partial charge is 0.108 e. The summed E-state index contributed by atoms with van der Waals surface area (Å²) >= 11 is 0. The molecule has 14 heavy (non-hydrogen) atoms. The lowest BCUT2D eigenvalue weighted by atomic mass is 9.87. The molecule has 0 saturated heterocycles. The van der Waals surface area contributed by atoms with Crippen LogP contribution in [-0.2, 0) is 15.9 Å². The van der Waals surface area contributed by atoms with E-state index in [-0.39, 0.29) is 12.2 Å². The van der Waals surface area contributed by atoms with Crippen molar-refractivity contribution in [3.05, 3.63) is 35.4 Å². The molecular weight excluding hydrogens is 176 g/mol. The monoisotopic (exact) mass is 192 g/mol. The van der Waals surface area contributed by atoms with Crippen molar-refractivity contribution in [1.82, 2.24) is 0 Å². The SMILES string of the molecule is CO[C@H]1CCc2ccccc2[C@H]1OC. The largest absolute Gasteiger partial charge is 0.378 e. The second-order valence-electron chi connectivity index (χ2n) is 3.67. The van der Waals surface area contributed by atoms with Crippen molar-refractivity contribution < 1.29 is 9.47 Å². The van der Waals surface area contributed by atoms with Crippen LogP contribution in [0, 0.1) is 0 Å². The number of aryl methyl sites for hydroxylation is 1. The maximum absolute atomic E-state index is 5.50. The summed E-state index contributed by atoms with van der Waals surface area (Å²) in [7, 11) is 3.50. The highest BCUT2D eigenvalue weighted by atomic mass is 16.5. The molecule has 0 amide bonds. The Morgan fingerprint density at radius 2 is 1.93 bits per heavy atom. The molecule has 0 spiro atoms. The van der Waals surface area contributed by atoms with Gasteiger partial charge in [0.15, 0.2) is 0 Å². The fourth-order valence-corrected chi connectivity index (χ4v) is 2.21. The van der Waals surface area contributed by atoms with Gasteiger partial charge in [-0.3, -0.25) is 0 Å². The number of fused-ring (bicyclic) bond motifs is 1. The van der Waals surface area contributed by atoms with Crippen LogP contribution in [0.1, 0.15) is 23.7 Å². The molecule has 0 aromatic heterocycles. The van der Waals surface area contributed by atoms with Gasteiger partial charge in [-0.25, -0.2) is 0 Å². The van der Waals surface area contributed by atoms with E-state index in [0.717, 1.165) is 12.8 Å². The normalized spacial score (nSPS) is 25.9. The molecule has 2 atom stereocenters. The van der Waals surface area contributed by atoms with Gasteiger partial charge in [-0.2, -0.15) is 0 Å². The molecule has 0 heterocycles. The maximum atomic E-state index is 5.50. The molecule has 1 aromatic carbocycles. The summed E-state index contributed by atoms with van der Waals surface area (Å²) in [6.07, 6.45) is 2.44. The summed E-state index contributed by atoms with van der Waals surface area (Å²) in [5.74, 6) is 0. The number of benzene rings is 1. The van der Waals surface area contributed by atoms with E-state index in [2.05, 4.69) is 24.3 Å². The first-order valence-electron chi connectivity index (χ1n) is 5.00. The van der Waals surface area contributed by atoms with Gasteiger partial charge < -0.3 is 9.47 Å². The maximum Gasteiger partial charge on any atom is 0.108 e. The van der Waals surface area contributed by atoms with Gasteiger partial charge in [0.05, 0.1) is 6.10 Å². The third kappa shape index (κ3) is 1.56. The molecule has 0 radical (unpaired) electrons. The molecule has 76 valence electrons. The van der Waals surface area contributed by atoms with E-state index in [1.165, 1.54) is 11.1 Å². The molecule has 0 N–H and O–H groups in total. The molecule has 0 unspecified atom stereocenters. The lowest BCUT2D eigenvalue weighted by Crippen LogP contribution is -2.28. The summed E-state index contributed by atoms with van der Waals surface area (Å²) in [4.78, 5) is 0. The van der Waals surface area contributed by atoms with Gasteiger partial charge in [-0.1, -0.05) is 24.3 Å². The summed E-state index contributed by atoms with van der Waals surface area (Å²) in [6.45, 7) is 0. The fourth-order valence-electron chi connectivity index (χ4n) is 2.21. The first-order valence-corrected chi connectivity index (χ1v) is 5.00. The third-order valence-corrected chi connectivity index (χ3v) is 2.95. The predicted molar refractivity (Wildman–Crippen MR) is 55.3 cm³/mol. The zero-order chi connectivity index (χ0) is 9.97. The van der Waals surface area contributed by atoms with Crippen LogP contribution in [0.5, 0.6) is 0 Å². The molecule has 0 bridgehead atoms. The van der Waals surface area contributed by atoms with Crippen LogP contribution >= 0.6 is 0 Å². The summed E-state index contributed by atoms with van der Waals surface area (Å²) in [5, 5.41) is 0. The average Bonchev–Trinajstić information content (AvgIpc) is 2.27. The van der Waals surface area contributed by atoms with Gasteiger partial charge in [0.1, 0.15) is 6.10 Å². The molecule has 0 fully saturated rings. The van der Waals surface area contributed by atoms with Crippen LogP contribution in [0.15, 0.2) is 24.3 Å². The zero-order valence-electron chi connectivity index (χ0n) is 8.69. The van der Waals surface area contributed by atoms with Crippen LogP contribution < -0.4 is 0 Å². The van der Waals surface area contributed by atoms with Crippen molar-refractivity contribution in [2.45, 2.75) is 25.0 Å². The molecular formula is C12H16O2. The van der Waals surface area contributed by atoms with Gasteiger partial charge in [-0.05, 0) is 24.0 Å². The Kier molecular flexibility index (Phi) is 2.85. The highest BCUT2D eigenvalue weighted by Gasteiger charge is 2.28. The van der Waals surface area contributed by atoms with Crippen LogP contribution in [-0.4, -0.2) is 20.3 Å². The van der Waals surface area contributed by atoms with Crippen molar-refractivity contribution in [1.29, 1.82) is 0 Å². The Labute approximate surface area is 84.8 Å². The highest BCUT2D eigenvalue weighted by Crippen LogP contribution is 2.33. The molecule has 2 rings (SSSR count). The topological polar surface area (TPSA) is 18.5 Å². The Morgan fingerprint density at radius 3 is 2.64 bits per heavy atom. The number of hydrogen-bond acceptors (Lipinski definition) is 2. The molecule has 1 aliphatic carbocycles. The van der Waals surface area contributed by atoms with Crippen LogP contribution in [0.25, 0.3) is 0 Å². The van der Waals surface area contributed by atoms with Crippen LogP contribution in [0.2, 0.25) is 0 Å². The third-order valence-electron chi connectivity index (χ3n) is 2.95. The van der Waals surface area contributed by atoms with E-state index < -0.39 is 0 Å². The van der Waals surface area contributed by atoms with E-state index in [0.29, 0.717) is 0 Å². The molecule has 2 nitrogen and oxygen atoms in total. The second kappa shape index (κ2) is 4.11. The first kappa shape index (κ1) is 9.69. The minimum atomic E-state index is 0.102. The predicted octanol–water partition coefficient (Wildman–Crippen LogP) is 2.34. The van der Waals surface area contributed by atoms with E-state index in [1.54, 1.807) is 14.2 Å².